The molecule has 2 aromatic carbocycles. The van der Waals surface area contributed by atoms with E-state index in [4.69, 9.17) is 29.7 Å². The number of aromatic nitrogens is 5. The Morgan fingerprint density at radius 3 is 2.41 bits per heavy atom. The van der Waals surface area contributed by atoms with Crippen LogP contribution in [0.25, 0.3) is 32.2 Å². The molecular weight excluding hydrogens is 967 g/mol. The Kier molecular flexibility index (Phi) is 18.8. The van der Waals surface area contributed by atoms with Crippen molar-refractivity contribution in [3.05, 3.63) is 94.2 Å². The zero-order chi connectivity index (χ0) is 52.2. The van der Waals surface area contributed by atoms with Gasteiger partial charge >= 0.3 is 0 Å². The van der Waals surface area contributed by atoms with E-state index in [2.05, 4.69) is 40.8 Å². The van der Waals surface area contributed by atoms with Gasteiger partial charge in [-0.25, -0.2) is 15.0 Å². The molecule has 74 heavy (non-hydrogen) atoms. The number of hydrogen-bond donors (Lipinski definition) is 8. The molecule has 1 aliphatic heterocycles. The molecule has 0 spiro atoms. The Morgan fingerprint density at radius 1 is 0.959 bits per heavy atom. The molecule has 1 unspecified atom stereocenters. The number of H-pyrrole nitrogens is 1. The lowest BCUT2D eigenvalue weighted by molar-refractivity contribution is -0.136. The number of fused-ring (bicyclic) bond motifs is 2. The molecule has 9 N–H and O–H groups in total. The van der Waals surface area contributed by atoms with Crippen LogP contribution in [0.4, 0.5) is 17.3 Å². The maximum atomic E-state index is 13.5. The second kappa shape index (κ2) is 25.6. The number of carbonyl (C=O) groups is 2. The molecule has 1 aliphatic carbocycles. The number of hydrogen-bond acceptors (Lipinski definition) is 17. The Morgan fingerprint density at radius 2 is 1.69 bits per heavy atom. The number of anilines is 3. The lowest BCUT2D eigenvalue weighted by Crippen LogP contribution is -2.60. The van der Waals surface area contributed by atoms with Crippen molar-refractivity contribution in [1.29, 1.82) is 0 Å². The van der Waals surface area contributed by atoms with E-state index in [1.54, 1.807) is 22.3 Å². The number of aromatic amines is 1. The largest absolute Gasteiger partial charge is 0.392 e. The van der Waals surface area contributed by atoms with E-state index >= 15 is 0 Å². The van der Waals surface area contributed by atoms with Gasteiger partial charge < -0.3 is 65.7 Å². The lowest BCUT2D eigenvalue weighted by Gasteiger charge is -2.40. The number of carbonyl (C=O) groups excluding carboxylic acids is 2. The van der Waals surface area contributed by atoms with Crippen molar-refractivity contribution in [2.75, 3.05) is 70.0 Å². The van der Waals surface area contributed by atoms with Crippen LogP contribution in [0.5, 0.6) is 0 Å². The summed E-state index contributed by atoms with van der Waals surface area (Å²) in [4.78, 5) is 58.5. The first-order valence-electron chi connectivity index (χ1n) is 25.5. The van der Waals surface area contributed by atoms with Crippen molar-refractivity contribution in [2.45, 2.75) is 109 Å². The molecule has 2 aliphatic rings. The lowest BCUT2D eigenvalue weighted by atomic mass is 9.85. The molecule has 1 saturated heterocycles. The Labute approximate surface area is 434 Å². The number of nitrogens with two attached hydrogens (primary N) is 1. The molecule has 6 aromatic rings. The van der Waals surface area contributed by atoms with Gasteiger partial charge in [-0.1, -0.05) is 63.9 Å². The summed E-state index contributed by atoms with van der Waals surface area (Å²) in [6.45, 7) is 10.7. The predicted molar refractivity (Wildman–Crippen MR) is 285 cm³/mol. The van der Waals surface area contributed by atoms with Crippen LogP contribution >= 0.6 is 11.3 Å². The van der Waals surface area contributed by atoms with E-state index in [0.717, 1.165) is 64.0 Å². The van der Waals surface area contributed by atoms with Crippen LogP contribution in [0.3, 0.4) is 0 Å². The summed E-state index contributed by atoms with van der Waals surface area (Å²) in [5.74, 6) is 0.288. The number of aliphatic hydroxyl groups excluding tert-OH is 2. The van der Waals surface area contributed by atoms with Crippen molar-refractivity contribution in [3.63, 3.8) is 0 Å². The topological polar surface area (TPSA) is 265 Å². The highest BCUT2D eigenvalue weighted by atomic mass is 32.1. The van der Waals surface area contributed by atoms with Gasteiger partial charge in [0.1, 0.15) is 29.9 Å². The molecule has 8 rings (SSSR count). The zero-order valence-corrected chi connectivity index (χ0v) is 43.5. The number of aryl methyl sites for hydroxylation is 1. The fourth-order valence-corrected chi connectivity index (χ4v) is 10.4. The fourth-order valence-electron chi connectivity index (χ4n) is 9.62. The predicted octanol–water partition coefficient (Wildman–Crippen LogP) is 4.80. The monoisotopic (exact) mass is 1040 g/mol. The number of nitrogens with one attached hydrogen (secondary N) is 5. The third-order valence-electron chi connectivity index (χ3n) is 13.6. The van der Waals surface area contributed by atoms with Crippen molar-refractivity contribution in [2.24, 2.45) is 11.1 Å². The molecule has 2 amide bonds. The van der Waals surface area contributed by atoms with Gasteiger partial charge in [0.25, 0.3) is 5.56 Å². The summed E-state index contributed by atoms with van der Waals surface area (Å²) in [5.41, 5.74) is 12.6. The van der Waals surface area contributed by atoms with Gasteiger partial charge in [0.15, 0.2) is 0 Å². The van der Waals surface area contributed by atoms with Crippen LogP contribution in [0.15, 0.2) is 77.4 Å². The number of benzene rings is 2. The molecule has 1 saturated carbocycles. The molecule has 2 fully saturated rings. The molecule has 20 nitrogen and oxygen atoms in total. The van der Waals surface area contributed by atoms with E-state index < -0.39 is 35.7 Å². The van der Waals surface area contributed by atoms with E-state index in [-0.39, 0.29) is 62.9 Å². The van der Waals surface area contributed by atoms with Gasteiger partial charge in [0.2, 0.25) is 11.8 Å². The second-order valence-electron chi connectivity index (χ2n) is 20.1. The number of pyridine rings is 1. The van der Waals surface area contributed by atoms with E-state index in [1.807, 2.05) is 87.9 Å². The minimum Gasteiger partial charge on any atom is -0.392 e. The summed E-state index contributed by atoms with van der Waals surface area (Å²) in [6.07, 6.45) is 5.62. The molecule has 21 heteroatoms. The summed E-state index contributed by atoms with van der Waals surface area (Å²) >= 11 is 1.58. The number of likely N-dealkylation sites (tertiary alicyclic amines) is 1. The average molecular weight is 1040 g/mol. The standard InChI is InChI=1S/C53H71N11O9S/c1-33-47(74-32-58-33)35-14-12-34(13-15-35)28-55-50(67)43-26-36(65)29-64(43)52(69)48(53(2,3)4)62-45(66)30-73-25-24-72-23-22-71-21-20-70-19-18-63-17-16-37-39(10-7-11-42(37)63)60-49-46-41(56-31-57-51(46)68)27-44(61-49)59-40-9-6-5-8-38(40)54/h7,10-17,27,31-32,36,38,40,43,48,52,65,69H,5-6,8-9,18-26,28-30,54H2,1-4H3,(H,55,67)(H,62,66)(H,56,57,68)(H2,59,60,61)/t36-,38+,40-,43+,48-,52?/m1/s1. The average Bonchev–Trinajstić information content (AvgIpc) is 4.12. The molecule has 4 aromatic heterocycles. The van der Waals surface area contributed by atoms with Crippen LogP contribution < -0.4 is 32.6 Å². The van der Waals surface area contributed by atoms with Crippen LogP contribution in [0, 0.1) is 12.3 Å². The Bertz CT molecular complexity index is 2850. The molecule has 398 valence electrons. The van der Waals surface area contributed by atoms with Crippen LogP contribution in [0.2, 0.25) is 0 Å². The molecule has 0 radical (unpaired) electrons. The maximum Gasteiger partial charge on any atom is 0.262 e. The van der Waals surface area contributed by atoms with Crippen LogP contribution in [-0.4, -0.2) is 147 Å². The van der Waals surface area contributed by atoms with Gasteiger partial charge in [-0.2, -0.15) is 0 Å². The smallest absolute Gasteiger partial charge is 0.262 e. The van der Waals surface area contributed by atoms with Gasteiger partial charge in [-0.05, 0) is 60.9 Å². The molecule has 0 bridgehead atoms. The normalized spacial score (nSPS) is 19.2. The highest BCUT2D eigenvalue weighted by Gasteiger charge is 2.45. The minimum atomic E-state index is -1.25. The SMILES string of the molecule is Cc1ncsc1-c1ccc(CNC(=O)[C@@H]2C[C@@H](O)CN2C(O)[C@@H](NC(=O)COCCOCCOCCOCCn2ccc3c(Nc4nc(N[C@@H]5CCCC[C@@H]5N)cc5nc[nH]c(=O)c45)cccc32)C(C)(C)C)cc1. The third kappa shape index (κ3) is 14.1. The summed E-state index contributed by atoms with van der Waals surface area (Å²) in [5, 5.41) is 36.4. The summed E-state index contributed by atoms with van der Waals surface area (Å²) in [6, 6.07) is 16.3. The van der Waals surface area contributed by atoms with Crippen molar-refractivity contribution in [3.8, 4) is 10.4 Å². The fraction of sp³-hybridized carbons (Fsp3) is 0.509. The highest BCUT2D eigenvalue weighted by Crippen LogP contribution is 2.32. The first kappa shape index (κ1) is 54.4. The third-order valence-corrected chi connectivity index (χ3v) is 14.6. The Balaban J connectivity index is 0.703. The number of β-amino-alcohol motifs (C(OH)–C–C–N with tert-alkyl or cyclic N) is 1. The number of ether oxygens (including phenoxy) is 4. The second-order valence-corrected chi connectivity index (χ2v) is 20.9. The van der Waals surface area contributed by atoms with Crippen molar-refractivity contribution in [1.82, 2.24) is 40.0 Å². The quantitative estimate of drug-likeness (QED) is 0.0358. The van der Waals surface area contributed by atoms with Gasteiger partial charge in [-0.15, -0.1) is 11.3 Å². The van der Waals surface area contributed by atoms with Gasteiger partial charge in [-0.3, -0.25) is 19.3 Å². The number of rotatable bonds is 25. The van der Waals surface area contributed by atoms with Crippen molar-refractivity contribution < 1.29 is 38.7 Å². The van der Waals surface area contributed by atoms with E-state index in [9.17, 15) is 24.6 Å². The van der Waals surface area contributed by atoms with E-state index in [0.29, 0.717) is 62.1 Å². The van der Waals surface area contributed by atoms with E-state index in [1.165, 1.54) is 6.33 Å². The van der Waals surface area contributed by atoms with Crippen LogP contribution in [0.1, 0.15) is 64.1 Å². The molecule has 6 atom stereocenters. The number of aliphatic hydroxyl groups is 2. The van der Waals surface area contributed by atoms with Crippen LogP contribution in [-0.2, 0) is 41.6 Å². The number of nitrogens with zero attached hydrogens (tertiary/aromatic N) is 5. The molecule has 5 heterocycles. The summed E-state index contributed by atoms with van der Waals surface area (Å²) < 4.78 is 24.9. The highest BCUT2D eigenvalue weighted by molar-refractivity contribution is 7.13. The summed E-state index contributed by atoms with van der Waals surface area (Å²) in [7, 11) is 0. The van der Waals surface area contributed by atoms with Crippen molar-refractivity contribution >= 4 is 62.3 Å². The zero-order valence-electron chi connectivity index (χ0n) is 42.7. The molecular formula is C53H71N11O9S. The van der Waals surface area contributed by atoms with Gasteiger partial charge in [0, 0.05) is 55.1 Å². The van der Waals surface area contributed by atoms with Gasteiger partial charge in [0.05, 0.1) is 97.9 Å². The first-order valence-corrected chi connectivity index (χ1v) is 26.4. The number of amides is 2. The first-order chi connectivity index (χ1) is 35.7. The minimum absolute atomic E-state index is 0.0296. The number of thiazole rings is 1. The Hall–Kier alpha value is -5.88. The maximum absolute atomic E-state index is 13.5.